The molecule has 1 aliphatic rings. The molecule has 1 aromatic heterocycles. The fourth-order valence-electron chi connectivity index (χ4n) is 3.52. The van der Waals surface area contributed by atoms with Gasteiger partial charge in [0.15, 0.2) is 0 Å². The van der Waals surface area contributed by atoms with Crippen molar-refractivity contribution in [2.45, 2.75) is 52.1 Å². The van der Waals surface area contributed by atoms with E-state index in [1.54, 1.807) is 11.3 Å². The molecule has 0 aliphatic carbocycles. The second-order valence-corrected chi connectivity index (χ2v) is 7.87. The van der Waals surface area contributed by atoms with E-state index in [2.05, 4.69) is 32.0 Å². The van der Waals surface area contributed by atoms with Crippen LogP contribution in [0.5, 0.6) is 0 Å². The third-order valence-electron chi connectivity index (χ3n) is 4.98. The van der Waals surface area contributed by atoms with Gasteiger partial charge in [-0.05, 0) is 50.1 Å². The molecular formula is C19H25NO2S. The number of carbonyl (C=O) groups is 1. The van der Waals surface area contributed by atoms with Crippen LogP contribution in [0.3, 0.4) is 0 Å². The highest BCUT2D eigenvalue weighted by Gasteiger charge is 2.34. The van der Waals surface area contributed by atoms with Crippen molar-refractivity contribution in [2.24, 2.45) is 0 Å². The van der Waals surface area contributed by atoms with E-state index in [-0.39, 0.29) is 5.91 Å². The molecule has 3 rings (SSSR count). The predicted molar refractivity (Wildman–Crippen MR) is 96.3 cm³/mol. The maximum Gasteiger partial charge on any atom is 0.264 e. The SMILES string of the molecule is CCCC1(O)CCN(C(=O)c2sc3ccc(C)cc3c2C)CC1. The first-order chi connectivity index (χ1) is 10.9. The number of piperidine rings is 1. The second-order valence-electron chi connectivity index (χ2n) is 6.82. The predicted octanol–water partition coefficient (Wildman–Crippen LogP) is 4.29. The largest absolute Gasteiger partial charge is 0.390 e. The lowest BCUT2D eigenvalue weighted by atomic mass is 9.87. The molecule has 23 heavy (non-hydrogen) atoms. The first kappa shape index (κ1) is 16.5. The molecule has 124 valence electrons. The number of aryl methyl sites for hydroxylation is 2. The topological polar surface area (TPSA) is 40.5 Å². The fraction of sp³-hybridized carbons (Fsp3) is 0.526. The molecule has 0 saturated carbocycles. The van der Waals surface area contributed by atoms with Crippen molar-refractivity contribution in [1.82, 2.24) is 4.90 Å². The van der Waals surface area contributed by atoms with E-state index in [1.165, 1.54) is 15.6 Å². The van der Waals surface area contributed by atoms with Crippen LogP contribution < -0.4 is 0 Å². The Morgan fingerprint density at radius 2 is 2.00 bits per heavy atom. The van der Waals surface area contributed by atoms with Gasteiger partial charge in [-0.3, -0.25) is 4.79 Å². The summed E-state index contributed by atoms with van der Waals surface area (Å²) in [6, 6.07) is 6.36. The van der Waals surface area contributed by atoms with E-state index < -0.39 is 5.60 Å². The Bertz CT molecular complexity index is 726. The minimum absolute atomic E-state index is 0.125. The Hall–Kier alpha value is -1.39. The molecule has 1 N–H and O–H groups in total. The van der Waals surface area contributed by atoms with Crippen molar-refractivity contribution in [3.8, 4) is 0 Å². The number of fused-ring (bicyclic) bond motifs is 1. The Labute approximate surface area is 141 Å². The van der Waals surface area contributed by atoms with Crippen molar-refractivity contribution in [3.05, 3.63) is 34.2 Å². The van der Waals surface area contributed by atoms with E-state index in [1.807, 2.05) is 11.8 Å². The first-order valence-corrected chi connectivity index (χ1v) is 9.26. The van der Waals surface area contributed by atoms with Gasteiger partial charge in [0, 0.05) is 17.8 Å². The van der Waals surface area contributed by atoms with Crippen molar-refractivity contribution in [1.29, 1.82) is 0 Å². The van der Waals surface area contributed by atoms with Gasteiger partial charge in [-0.15, -0.1) is 11.3 Å². The summed E-state index contributed by atoms with van der Waals surface area (Å²) in [6.45, 7) is 7.53. The van der Waals surface area contributed by atoms with Crippen molar-refractivity contribution in [2.75, 3.05) is 13.1 Å². The van der Waals surface area contributed by atoms with E-state index in [9.17, 15) is 9.90 Å². The lowest BCUT2D eigenvalue weighted by Gasteiger charge is -2.38. The van der Waals surface area contributed by atoms with Crippen LogP contribution in [0.25, 0.3) is 10.1 Å². The number of amides is 1. The molecule has 1 saturated heterocycles. The van der Waals surface area contributed by atoms with Gasteiger partial charge in [0.05, 0.1) is 10.5 Å². The molecule has 2 aromatic rings. The smallest absolute Gasteiger partial charge is 0.264 e. The van der Waals surface area contributed by atoms with Gasteiger partial charge in [-0.1, -0.05) is 31.0 Å². The highest BCUT2D eigenvalue weighted by molar-refractivity contribution is 7.21. The number of aliphatic hydroxyl groups is 1. The average molecular weight is 331 g/mol. The van der Waals surface area contributed by atoms with E-state index in [4.69, 9.17) is 0 Å². The van der Waals surface area contributed by atoms with Gasteiger partial charge in [-0.2, -0.15) is 0 Å². The van der Waals surface area contributed by atoms with Crippen LogP contribution in [0, 0.1) is 13.8 Å². The van der Waals surface area contributed by atoms with E-state index in [0.29, 0.717) is 25.9 Å². The van der Waals surface area contributed by atoms with Crippen LogP contribution in [-0.4, -0.2) is 34.6 Å². The Balaban J connectivity index is 1.80. The van der Waals surface area contributed by atoms with Gasteiger partial charge >= 0.3 is 0 Å². The number of benzene rings is 1. The minimum atomic E-state index is -0.572. The highest BCUT2D eigenvalue weighted by Crippen LogP contribution is 2.34. The van der Waals surface area contributed by atoms with Gasteiger partial charge < -0.3 is 10.0 Å². The zero-order valence-electron chi connectivity index (χ0n) is 14.2. The molecule has 0 atom stereocenters. The molecule has 1 aromatic carbocycles. The van der Waals surface area contributed by atoms with Crippen LogP contribution in [-0.2, 0) is 0 Å². The summed E-state index contributed by atoms with van der Waals surface area (Å²) >= 11 is 1.59. The first-order valence-electron chi connectivity index (χ1n) is 8.45. The number of carbonyl (C=O) groups excluding carboxylic acids is 1. The molecule has 1 aliphatic heterocycles. The standard InChI is InChI=1S/C19H25NO2S/c1-4-7-19(22)8-10-20(11-9-19)18(21)17-14(3)15-12-13(2)5-6-16(15)23-17/h5-6,12,22H,4,7-11H2,1-3H3. The number of hydrogen-bond acceptors (Lipinski definition) is 3. The Kier molecular flexibility index (Phi) is 4.47. The maximum atomic E-state index is 12.9. The summed E-state index contributed by atoms with van der Waals surface area (Å²) in [4.78, 5) is 15.7. The summed E-state index contributed by atoms with van der Waals surface area (Å²) < 4.78 is 1.18. The lowest BCUT2D eigenvalue weighted by Crippen LogP contribution is -2.46. The summed E-state index contributed by atoms with van der Waals surface area (Å²) in [7, 11) is 0. The van der Waals surface area contributed by atoms with Crippen LogP contribution in [0.1, 0.15) is 53.4 Å². The summed E-state index contributed by atoms with van der Waals surface area (Å²) in [6.07, 6.45) is 3.20. The summed E-state index contributed by atoms with van der Waals surface area (Å²) in [5.41, 5.74) is 1.74. The number of rotatable bonds is 3. The maximum absolute atomic E-state index is 12.9. The van der Waals surface area contributed by atoms with Crippen molar-refractivity contribution >= 4 is 27.3 Å². The van der Waals surface area contributed by atoms with Gasteiger partial charge in [0.2, 0.25) is 0 Å². The van der Waals surface area contributed by atoms with Crippen LogP contribution in [0.15, 0.2) is 18.2 Å². The Morgan fingerprint density at radius 3 is 2.65 bits per heavy atom. The zero-order valence-corrected chi connectivity index (χ0v) is 15.0. The highest BCUT2D eigenvalue weighted by atomic mass is 32.1. The minimum Gasteiger partial charge on any atom is -0.390 e. The molecule has 0 radical (unpaired) electrons. The molecule has 2 heterocycles. The number of likely N-dealkylation sites (tertiary alicyclic amines) is 1. The molecular weight excluding hydrogens is 306 g/mol. The van der Waals surface area contributed by atoms with Gasteiger partial charge in [0.25, 0.3) is 5.91 Å². The molecule has 3 nitrogen and oxygen atoms in total. The molecule has 0 bridgehead atoms. The molecule has 4 heteroatoms. The summed E-state index contributed by atoms with van der Waals surface area (Å²) in [5.74, 6) is 0.125. The fourth-order valence-corrected chi connectivity index (χ4v) is 4.68. The van der Waals surface area contributed by atoms with Crippen LogP contribution >= 0.6 is 11.3 Å². The second kappa shape index (κ2) is 6.25. The number of nitrogens with zero attached hydrogens (tertiary/aromatic N) is 1. The zero-order chi connectivity index (χ0) is 16.6. The van der Waals surface area contributed by atoms with Gasteiger partial charge in [-0.25, -0.2) is 0 Å². The van der Waals surface area contributed by atoms with Crippen molar-refractivity contribution < 1.29 is 9.90 Å². The lowest BCUT2D eigenvalue weighted by molar-refractivity contribution is -0.0232. The normalized spacial score (nSPS) is 17.7. The Morgan fingerprint density at radius 1 is 1.30 bits per heavy atom. The van der Waals surface area contributed by atoms with Crippen molar-refractivity contribution in [3.63, 3.8) is 0 Å². The monoisotopic (exact) mass is 331 g/mol. The third-order valence-corrected chi connectivity index (χ3v) is 6.24. The quantitative estimate of drug-likeness (QED) is 0.911. The summed E-state index contributed by atoms with van der Waals surface area (Å²) in [5, 5.41) is 11.7. The van der Waals surface area contributed by atoms with E-state index >= 15 is 0 Å². The number of thiophene rings is 1. The number of hydrogen-bond donors (Lipinski definition) is 1. The third kappa shape index (κ3) is 3.15. The van der Waals surface area contributed by atoms with Crippen LogP contribution in [0.4, 0.5) is 0 Å². The molecule has 1 fully saturated rings. The molecule has 1 amide bonds. The van der Waals surface area contributed by atoms with Crippen LogP contribution in [0.2, 0.25) is 0 Å². The molecule has 0 spiro atoms. The van der Waals surface area contributed by atoms with E-state index in [0.717, 1.165) is 23.3 Å². The van der Waals surface area contributed by atoms with Gasteiger partial charge in [0.1, 0.15) is 0 Å². The average Bonchev–Trinajstić information content (AvgIpc) is 2.84. The molecule has 0 unspecified atom stereocenters.